The minimum absolute atomic E-state index is 0.0312. The predicted octanol–water partition coefficient (Wildman–Crippen LogP) is 2.91. The van der Waals surface area contributed by atoms with Crippen molar-refractivity contribution in [2.24, 2.45) is 5.16 Å². The highest BCUT2D eigenvalue weighted by Gasteiger charge is 2.55. The lowest BCUT2D eigenvalue weighted by Gasteiger charge is -2.41. The Balaban J connectivity index is 1.59. The summed E-state index contributed by atoms with van der Waals surface area (Å²) in [5.41, 5.74) is -2.89. The van der Waals surface area contributed by atoms with E-state index in [2.05, 4.69) is 10.5 Å². The Kier molecular flexibility index (Phi) is 8.59. The van der Waals surface area contributed by atoms with Gasteiger partial charge in [-0.2, -0.15) is 0 Å². The van der Waals surface area contributed by atoms with Gasteiger partial charge in [-0.15, -0.1) is 0 Å². The van der Waals surface area contributed by atoms with Crippen LogP contribution in [0, 0.1) is 11.6 Å². The lowest BCUT2D eigenvalue weighted by Crippen LogP contribution is -2.52. The molecular formula is C29H32F2N4O9. The minimum Gasteiger partial charge on any atom is -0.482 e. The van der Waals surface area contributed by atoms with E-state index in [1.807, 2.05) is 6.92 Å². The number of methoxy groups -OCH3 is 2. The van der Waals surface area contributed by atoms with Gasteiger partial charge >= 0.3 is 6.16 Å². The van der Waals surface area contributed by atoms with Crippen molar-refractivity contribution in [3.63, 3.8) is 0 Å². The van der Waals surface area contributed by atoms with Gasteiger partial charge in [0.25, 0.3) is 11.8 Å². The fourth-order valence-electron chi connectivity index (χ4n) is 5.57. The molecule has 0 aliphatic carbocycles. The summed E-state index contributed by atoms with van der Waals surface area (Å²) in [5.74, 6) is -3.61. The van der Waals surface area contributed by atoms with Gasteiger partial charge in [0.2, 0.25) is 17.1 Å². The molecule has 1 aromatic carbocycles. The molecule has 4 atom stereocenters. The van der Waals surface area contributed by atoms with E-state index in [9.17, 15) is 28.0 Å². The number of aromatic nitrogens is 1. The number of hydrogen-bond acceptors (Lipinski definition) is 10. The first kappa shape index (κ1) is 30.9. The Morgan fingerprint density at radius 1 is 1.25 bits per heavy atom. The Bertz CT molecular complexity index is 1580. The van der Waals surface area contributed by atoms with Crippen LogP contribution < -0.4 is 15.5 Å². The number of oxime groups is 1. The minimum atomic E-state index is -1.29. The molecule has 2 aromatic rings. The second kappa shape index (κ2) is 12.2. The molecule has 1 saturated heterocycles. The van der Waals surface area contributed by atoms with Crippen molar-refractivity contribution in [3.05, 3.63) is 63.1 Å². The number of ether oxygens (including phenoxy) is 4. The van der Waals surface area contributed by atoms with Crippen molar-refractivity contribution in [1.82, 2.24) is 14.8 Å². The molecule has 1 aromatic heterocycles. The molecule has 15 heteroatoms. The summed E-state index contributed by atoms with van der Waals surface area (Å²) >= 11 is 0. The van der Waals surface area contributed by atoms with Crippen molar-refractivity contribution in [3.8, 4) is 5.75 Å². The van der Waals surface area contributed by atoms with Crippen LogP contribution in [0.3, 0.4) is 0 Å². The number of nitrogens with zero attached hydrogens (tertiary/aromatic N) is 3. The van der Waals surface area contributed by atoms with E-state index in [4.69, 9.17) is 23.8 Å². The molecule has 5 rings (SSSR count). The normalized spacial score (nSPS) is 22.8. The van der Waals surface area contributed by atoms with E-state index in [1.165, 1.54) is 25.0 Å². The zero-order valence-corrected chi connectivity index (χ0v) is 24.6. The smallest absolute Gasteiger partial charge is 0.482 e. The summed E-state index contributed by atoms with van der Waals surface area (Å²) in [6.07, 6.45) is 0.631. The third kappa shape index (κ3) is 5.70. The maximum absolute atomic E-state index is 14.2. The van der Waals surface area contributed by atoms with Crippen LogP contribution in [0.25, 0.3) is 0 Å². The SMILES string of the molecule is COC1=NO[C@@]2(CC[C@H](C)N3C[C@H]2n2cc(C(=O)NCc4ccc(F)cc4F)c(=O)c(OC(=O)OC[C@H](C)OC)c2C3=O)C1. The standard InChI is InChI=1S/C29H32F2N4O9/c1-15-7-8-29(10-22(41-4)33-44-29)21-13-34(15)27(38)23-25(43-28(39)42-14-16(2)40-3)24(36)19(12-35(21)23)26(37)32-11-17-5-6-18(30)9-20(17)31/h5-6,9,12,15-16,21H,7-8,10-11,13-14H2,1-4H3,(H,32,37)/t15-,16-,21+,29-/m0/s1. The first-order chi connectivity index (χ1) is 21.0. The average Bonchev–Trinajstić information content (AvgIpc) is 3.38. The van der Waals surface area contributed by atoms with Crippen molar-refractivity contribution in [1.29, 1.82) is 0 Å². The summed E-state index contributed by atoms with van der Waals surface area (Å²) in [5, 5.41) is 6.51. The largest absolute Gasteiger partial charge is 0.514 e. The van der Waals surface area contributed by atoms with E-state index >= 15 is 0 Å². The number of carbonyl (C=O) groups is 3. The highest BCUT2D eigenvalue weighted by Crippen LogP contribution is 2.46. The first-order valence-corrected chi connectivity index (χ1v) is 14.0. The second-order valence-corrected chi connectivity index (χ2v) is 11.0. The molecule has 1 spiro atoms. The number of pyridine rings is 1. The third-order valence-electron chi connectivity index (χ3n) is 8.22. The number of amides is 2. The summed E-state index contributed by atoms with van der Waals surface area (Å²) in [4.78, 5) is 61.3. The molecule has 2 amide bonds. The Morgan fingerprint density at radius 2 is 2.02 bits per heavy atom. The van der Waals surface area contributed by atoms with Crippen LogP contribution in [0.5, 0.6) is 5.75 Å². The van der Waals surface area contributed by atoms with Gasteiger partial charge in [0.15, 0.2) is 11.3 Å². The monoisotopic (exact) mass is 618 g/mol. The zero-order chi connectivity index (χ0) is 31.8. The van der Waals surface area contributed by atoms with Crippen LogP contribution in [0.15, 0.2) is 34.3 Å². The van der Waals surface area contributed by atoms with Crippen LogP contribution in [-0.2, 0) is 25.6 Å². The van der Waals surface area contributed by atoms with Crippen molar-refractivity contribution in [2.75, 3.05) is 27.4 Å². The van der Waals surface area contributed by atoms with Crippen molar-refractivity contribution in [2.45, 2.75) is 63.4 Å². The highest BCUT2D eigenvalue weighted by atomic mass is 19.1. The predicted molar refractivity (Wildman–Crippen MR) is 148 cm³/mol. The maximum atomic E-state index is 14.2. The highest BCUT2D eigenvalue weighted by molar-refractivity contribution is 6.00. The van der Waals surface area contributed by atoms with Crippen LogP contribution in [0.4, 0.5) is 13.6 Å². The van der Waals surface area contributed by atoms with E-state index in [0.29, 0.717) is 24.8 Å². The number of fused-ring (bicyclic) bond motifs is 5. The van der Waals surface area contributed by atoms with Gasteiger partial charge in [-0.25, -0.2) is 13.6 Å². The quantitative estimate of drug-likeness (QED) is 0.463. The molecule has 1 N–H and O–H groups in total. The summed E-state index contributed by atoms with van der Waals surface area (Å²) in [7, 11) is 2.87. The lowest BCUT2D eigenvalue weighted by atomic mass is 9.85. The molecule has 4 heterocycles. The summed E-state index contributed by atoms with van der Waals surface area (Å²) in [6, 6.07) is 1.89. The fourth-order valence-corrected chi connectivity index (χ4v) is 5.57. The molecule has 3 aliphatic rings. The zero-order valence-electron chi connectivity index (χ0n) is 24.6. The van der Waals surface area contributed by atoms with E-state index in [0.717, 1.165) is 12.1 Å². The number of carbonyl (C=O) groups excluding carboxylic acids is 3. The second-order valence-electron chi connectivity index (χ2n) is 11.0. The van der Waals surface area contributed by atoms with Crippen LogP contribution in [0.1, 0.15) is 65.6 Å². The van der Waals surface area contributed by atoms with Crippen molar-refractivity contribution >= 4 is 23.9 Å². The van der Waals surface area contributed by atoms with Gasteiger partial charge in [0, 0.05) is 44.1 Å². The first-order valence-electron chi connectivity index (χ1n) is 14.0. The van der Waals surface area contributed by atoms with Crippen LogP contribution in [0.2, 0.25) is 0 Å². The molecular weight excluding hydrogens is 586 g/mol. The summed E-state index contributed by atoms with van der Waals surface area (Å²) in [6.45, 7) is 3.03. The van der Waals surface area contributed by atoms with E-state index in [1.54, 1.807) is 11.8 Å². The van der Waals surface area contributed by atoms with Crippen molar-refractivity contribution < 1.29 is 46.9 Å². The topological polar surface area (TPSA) is 147 Å². The van der Waals surface area contributed by atoms with E-state index in [-0.39, 0.29) is 43.4 Å². The lowest BCUT2D eigenvalue weighted by molar-refractivity contribution is -0.0655. The number of nitrogens with one attached hydrogen (secondary N) is 1. The van der Waals surface area contributed by atoms with Crippen LogP contribution >= 0.6 is 0 Å². The molecule has 13 nitrogen and oxygen atoms in total. The maximum Gasteiger partial charge on any atom is 0.514 e. The molecule has 0 radical (unpaired) electrons. The van der Waals surface area contributed by atoms with Gasteiger partial charge in [-0.3, -0.25) is 14.4 Å². The molecule has 3 aliphatic heterocycles. The molecule has 0 saturated carbocycles. The van der Waals surface area contributed by atoms with Gasteiger partial charge < -0.3 is 38.6 Å². The Morgan fingerprint density at radius 3 is 2.70 bits per heavy atom. The van der Waals surface area contributed by atoms with Gasteiger partial charge in [0.05, 0.1) is 25.7 Å². The Hall–Kier alpha value is -4.53. The number of halogens is 2. The van der Waals surface area contributed by atoms with E-state index < -0.39 is 64.1 Å². The molecule has 1 fully saturated rings. The van der Waals surface area contributed by atoms with Gasteiger partial charge in [-0.1, -0.05) is 11.2 Å². The molecule has 44 heavy (non-hydrogen) atoms. The average molecular weight is 619 g/mol. The number of benzene rings is 1. The number of hydrogen-bond donors (Lipinski definition) is 1. The molecule has 0 unspecified atom stereocenters. The van der Waals surface area contributed by atoms with Gasteiger partial charge in [-0.05, 0) is 32.8 Å². The summed E-state index contributed by atoms with van der Waals surface area (Å²) < 4.78 is 49.8. The molecule has 236 valence electrons. The third-order valence-corrected chi connectivity index (χ3v) is 8.22. The van der Waals surface area contributed by atoms with Gasteiger partial charge in [0.1, 0.15) is 23.8 Å². The number of rotatable bonds is 7. The Labute approximate surface area is 250 Å². The molecule has 2 bridgehead atoms. The fraction of sp³-hybridized carbons (Fsp3) is 0.483. The van der Waals surface area contributed by atoms with Crippen LogP contribution in [-0.4, -0.2) is 78.5 Å².